The first-order valence-electron chi connectivity index (χ1n) is 9.92. The fourth-order valence-electron chi connectivity index (χ4n) is 3.16. The maximum absolute atomic E-state index is 13.4. The van der Waals surface area contributed by atoms with E-state index in [1.165, 1.54) is 4.31 Å². The summed E-state index contributed by atoms with van der Waals surface area (Å²) in [5.41, 5.74) is 3.37. The van der Waals surface area contributed by atoms with Crippen LogP contribution in [0.15, 0.2) is 57.9 Å². The Morgan fingerprint density at radius 2 is 1.77 bits per heavy atom. The van der Waals surface area contributed by atoms with E-state index in [2.05, 4.69) is 5.16 Å². The van der Waals surface area contributed by atoms with Crippen LogP contribution >= 0.6 is 0 Å². The van der Waals surface area contributed by atoms with Gasteiger partial charge in [-0.15, -0.1) is 0 Å². The summed E-state index contributed by atoms with van der Waals surface area (Å²) in [7, 11) is -3.70. The molecule has 0 bridgehead atoms. The second-order valence-corrected chi connectivity index (χ2v) is 9.69. The molecule has 0 fully saturated rings. The summed E-state index contributed by atoms with van der Waals surface area (Å²) in [5, 5.41) is 3.91. The molecule has 0 spiro atoms. The van der Waals surface area contributed by atoms with E-state index in [1.54, 1.807) is 24.3 Å². The standard InChI is InChI=1S/C23H28N2O4S/c1-16(2)14-25(20-8-6-7-17(3)13-20)30(26,27)22-11-9-21(10-12-22)28-15-23-18(4)24-29-19(23)5/h6-13,16H,14-15H2,1-5H3. The number of sulfonamides is 1. The highest BCUT2D eigenvalue weighted by Gasteiger charge is 2.26. The fourth-order valence-corrected chi connectivity index (χ4v) is 4.78. The first kappa shape index (κ1) is 21.9. The Balaban J connectivity index is 1.83. The lowest BCUT2D eigenvalue weighted by Crippen LogP contribution is -2.34. The summed E-state index contributed by atoms with van der Waals surface area (Å²) < 4.78 is 39.2. The number of nitrogens with zero attached hydrogens (tertiary/aromatic N) is 2. The Labute approximate surface area is 178 Å². The molecule has 0 atom stereocenters. The van der Waals surface area contributed by atoms with Gasteiger partial charge in [0, 0.05) is 6.54 Å². The molecule has 0 N–H and O–H groups in total. The van der Waals surface area contributed by atoms with Crippen molar-refractivity contribution in [2.75, 3.05) is 10.8 Å². The third-order valence-corrected chi connectivity index (χ3v) is 6.60. The van der Waals surface area contributed by atoms with Crippen LogP contribution in [0.4, 0.5) is 5.69 Å². The lowest BCUT2D eigenvalue weighted by atomic mass is 10.2. The average Bonchev–Trinajstić information content (AvgIpc) is 3.02. The van der Waals surface area contributed by atoms with Gasteiger partial charge in [-0.25, -0.2) is 8.42 Å². The molecular formula is C23H28N2O4S. The number of aromatic nitrogens is 1. The Morgan fingerprint density at radius 3 is 2.33 bits per heavy atom. The highest BCUT2D eigenvalue weighted by atomic mass is 32.2. The highest BCUT2D eigenvalue weighted by molar-refractivity contribution is 7.92. The number of ether oxygens (including phenoxy) is 1. The van der Waals surface area contributed by atoms with Gasteiger partial charge in [-0.1, -0.05) is 31.1 Å². The van der Waals surface area contributed by atoms with Gasteiger partial charge < -0.3 is 9.26 Å². The van der Waals surface area contributed by atoms with Crippen LogP contribution in [-0.4, -0.2) is 20.1 Å². The SMILES string of the molecule is Cc1cccc(N(CC(C)C)S(=O)(=O)c2ccc(OCc3c(C)noc3C)cc2)c1. The van der Waals surface area contributed by atoms with E-state index in [-0.39, 0.29) is 10.8 Å². The number of hydrogen-bond acceptors (Lipinski definition) is 5. The summed E-state index contributed by atoms with van der Waals surface area (Å²) in [6.45, 7) is 10.4. The fraction of sp³-hybridized carbons (Fsp3) is 0.348. The topological polar surface area (TPSA) is 72.6 Å². The lowest BCUT2D eigenvalue weighted by molar-refractivity contribution is 0.301. The Morgan fingerprint density at radius 1 is 1.07 bits per heavy atom. The number of anilines is 1. The highest BCUT2D eigenvalue weighted by Crippen LogP contribution is 2.27. The first-order chi connectivity index (χ1) is 14.2. The van der Waals surface area contributed by atoms with Crippen LogP contribution in [0.25, 0.3) is 0 Å². The van der Waals surface area contributed by atoms with Crippen molar-refractivity contribution < 1.29 is 17.7 Å². The minimum atomic E-state index is -3.70. The molecule has 2 aromatic carbocycles. The van der Waals surface area contributed by atoms with Crippen molar-refractivity contribution in [2.45, 2.75) is 46.1 Å². The van der Waals surface area contributed by atoms with Crippen LogP contribution in [0.5, 0.6) is 5.75 Å². The molecule has 0 amide bonds. The van der Waals surface area contributed by atoms with Gasteiger partial charge in [0.15, 0.2) is 0 Å². The zero-order valence-corrected chi connectivity index (χ0v) is 18.9. The predicted octanol–water partition coefficient (Wildman–Crippen LogP) is 5.03. The van der Waals surface area contributed by atoms with Crippen LogP contribution in [-0.2, 0) is 16.6 Å². The molecule has 0 radical (unpaired) electrons. The smallest absolute Gasteiger partial charge is 0.264 e. The maximum atomic E-state index is 13.4. The van der Waals surface area contributed by atoms with Gasteiger partial charge in [0.05, 0.1) is 21.8 Å². The Kier molecular flexibility index (Phi) is 6.51. The third kappa shape index (κ3) is 4.84. The van der Waals surface area contributed by atoms with E-state index in [0.717, 1.165) is 16.8 Å². The van der Waals surface area contributed by atoms with E-state index < -0.39 is 10.0 Å². The molecule has 7 heteroatoms. The number of aryl methyl sites for hydroxylation is 3. The summed E-state index contributed by atoms with van der Waals surface area (Å²) in [5.74, 6) is 1.48. The van der Waals surface area contributed by atoms with E-state index in [1.807, 2.05) is 58.9 Å². The van der Waals surface area contributed by atoms with Crippen molar-refractivity contribution in [2.24, 2.45) is 5.92 Å². The molecule has 0 aliphatic rings. The molecule has 3 rings (SSSR count). The minimum Gasteiger partial charge on any atom is -0.489 e. The van der Waals surface area contributed by atoms with E-state index in [4.69, 9.17) is 9.26 Å². The van der Waals surface area contributed by atoms with Crippen LogP contribution in [0.3, 0.4) is 0 Å². The molecule has 0 aliphatic carbocycles. The monoisotopic (exact) mass is 428 g/mol. The molecule has 30 heavy (non-hydrogen) atoms. The molecule has 1 heterocycles. The molecule has 160 valence electrons. The van der Waals surface area contributed by atoms with E-state index >= 15 is 0 Å². The maximum Gasteiger partial charge on any atom is 0.264 e. The molecular weight excluding hydrogens is 400 g/mol. The summed E-state index contributed by atoms with van der Waals surface area (Å²) >= 11 is 0. The zero-order valence-electron chi connectivity index (χ0n) is 18.0. The zero-order chi connectivity index (χ0) is 21.9. The average molecular weight is 429 g/mol. The molecule has 3 aromatic rings. The summed E-state index contributed by atoms with van der Waals surface area (Å²) in [6.07, 6.45) is 0. The van der Waals surface area contributed by atoms with Gasteiger partial charge in [-0.2, -0.15) is 0 Å². The largest absolute Gasteiger partial charge is 0.489 e. The summed E-state index contributed by atoms with van der Waals surface area (Å²) in [6, 6.07) is 14.1. The lowest BCUT2D eigenvalue weighted by Gasteiger charge is -2.26. The van der Waals surface area contributed by atoms with Crippen molar-refractivity contribution in [1.29, 1.82) is 0 Å². The molecule has 1 aromatic heterocycles. The Bertz CT molecular complexity index is 1080. The second kappa shape index (κ2) is 8.92. The molecule has 0 saturated carbocycles. The van der Waals surface area contributed by atoms with Crippen LogP contribution in [0, 0.1) is 26.7 Å². The van der Waals surface area contributed by atoms with Crippen molar-refractivity contribution in [3.05, 3.63) is 71.1 Å². The number of hydrogen-bond donors (Lipinski definition) is 0. The van der Waals surface area contributed by atoms with Gasteiger partial charge in [-0.05, 0) is 68.7 Å². The summed E-state index contributed by atoms with van der Waals surface area (Å²) in [4.78, 5) is 0.231. The van der Waals surface area contributed by atoms with Crippen molar-refractivity contribution in [3.8, 4) is 5.75 Å². The molecule has 0 unspecified atom stereocenters. The van der Waals surface area contributed by atoms with Gasteiger partial charge in [-0.3, -0.25) is 4.31 Å². The van der Waals surface area contributed by atoms with E-state index in [9.17, 15) is 8.42 Å². The van der Waals surface area contributed by atoms with Gasteiger partial charge in [0.25, 0.3) is 10.0 Å². The minimum absolute atomic E-state index is 0.179. The van der Waals surface area contributed by atoms with Gasteiger partial charge in [0.2, 0.25) is 0 Å². The number of rotatable bonds is 8. The van der Waals surface area contributed by atoms with Crippen LogP contribution < -0.4 is 9.04 Å². The normalized spacial score (nSPS) is 11.7. The van der Waals surface area contributed by atoms with Crippen LogP contribution in [0.1, 0.15) is 36.4 Å². The predicted molar refractivity (Wildman–Crippen MR) is 117 cm³/mol. The molecule has 0 aliphatic heterocycles. The van der Waals surface area contributed by atoms with E-state index in [0.29, 0.717) is 30.3 Å². The quantitative estimate of drug-likeness (QED) is 0.503. The van der Waals surface area contributed by atoms with Gasteiger partial charge >= 0.3 is 0 Å². The molecule has 6 nitrogen and oxygen atoms in total. The third-order valence-electron chi connectivity index (χ3n) is 4.80. The second-order valence-electron chi connectivity index (χ2n) is 7.83. The first-order valence-corrected chi connectivity index (χ1v) is 11.4. The van der Waals surface area contributed by atoms with Crippen LogP contribution in [0.2, 0.25) is 0 Å². The van der Waals surface area contributed by atoms with Crippen molar-refractivity contribution in [3.63, 3.8) is 0 Å². The Hall–Kier alpha value is -2.80. The van der Waals surface area contributed by atoms with Gasteiger partial charge in [0.1, 0.15) is 18.1 Å². The molecule has 0 saturated heterocycles. The van der Waals surface area contributed by atoms with Crippen molar-refractivity contribution in [1.82, 2.24) is 5.16 Å². The van der Waals surface area contributed by atoms with Crippen molar-refractivity contribution >= 4 is 15.7 Å². The number of benzene rings is 2.